The highest BCUT2D eigenvalue weighted by Crippen LogP contribution is 2.25. The van der Waals surface area contributed by atoms with Crippen molar-refractivity contribution in [1.29, 1.82) is 0 Å². The largest absolute Gasteiger partial charge is 0.313 e. The molecule has 0 amide bonds. The maximum Gasteiger partial charge on any atom is 0.137 e. The first-order valence-corrected chi connectivity index (χ1v) is 7.49. The summed E-state index contributed by atoms with van der Waals surface area (Å²) in [5, 5.41) is 3.36. The smallest absolute Gasteiger partial charge is 0.137 e. The van der Waals surface area contributed by atoms with Gasteiger partial charge < -0.3 is 5.32 Å². The normalized spacial score (nSPS) is 12.4. The summed E-state index contributed by atoms with van der Waals surface area (Å²) in [6, 6.07) is 11.9. The Balaban J connectivity index is 2.28. The average molecular weight is 336 g/mol. The molecule has 0 radical (unpaired) electrons. The molecule has 0 aromatic heterocycles. The van der Waals surface area contributed by atoms with Crippen molar-refractivity contribution in [3.63, 3.8) is 0 Å². The SMILES string of the molecule is CNC(Cc1ccc(F)c(Br)c1)c1cc(C)ccc1C. The zero-order valence-electron chi connectivity index (χ0n) is 12.0. The van der Waals surface area contributed by atoms with Crippen LogP contribution in [0.5, 0.6) is 0 Å². The molecule has 3 heteroatoms. The first kappa shape index (κ1) is 15.2. The Hall–Kier alpha value is -1.19. The maximum atomic E-state index is 13.3. The third kappa shape index (κ3) is 3.47. The zero-order chi connectivity index (χ0) is 14.7. The van der Waals surface area contributed by atoms with Gasteiger partial charge in [-0.25, -0.2) is 4.39 Å². The van der Waals surface area contributed by atoms with Gasteiger partial charge in [-0.1, -0.05) is 29.8 Å². The van der Waals surface area contributed by atoms with Crippen LogP contribution in [0, 0.1) is 19.7 Å². The van der Waals surface area contributed by atoms with Gasteiger partial charge in [0.2, 0.25) is 0 Å². The molecule has 0 fully saturated rings. The first-order valence-electron chi connectivity index (χ1n) is 6.69. The molecule has 2 aromatic carbocycles. The molecule has 2 aromatic rings. The van der Waals surface area contributed by atoms with Crippen LogP contribution >= 0.6 is 15.9 Å². The standard InChI is InChI=1S/C17H19BrFN/c1-11-4-5-12(2)14(8-11)17(20-3)10-13-6-7-16(19)15(18)9-13/h4-9,17,20H,10H2,1-3H3. The second-order valence-electron chi connectivity index (χ2n) is 5.15. The molecule has 1 N–H and O–H groups in total. The van der Waals surface area contributed by atoms with E-state index in [0.29, 0.717) is 4.47 Å². The molecule has 0 aliphatic rings. The summed E-state index contributed by atoms with van der Waals surface area (Å²) in [5.41, 5.74) is 4.94. The lowest BCUT2D eigenvalue weighted by Crippen LogP contribution is -2.20. The minimum Gasteiger partial charge on any atom is -0.313 e. The Morgan fingerprint density at radius 2 is 1.90 bits per heavy atom. The van der Waals surface area contributed by atoms with Crippen molar-refractivity contribution >= 4 is 15.9 Å². The van der Waals surface area contributed by atoms with Crippen LogP contribution in [0.25, 0.3) is 0 Å². The van der Waals surface area contributed by atoms with Crippen molar-refractivity contribution in [3.8, 4) is 0 Å². The molecule has 1 unspecified atom stereocenters. The van der Waals surface area contributed by atoms with E-state index in [1.807, 2.05) is 19.2 Å². The lowest BCUT2D eigenvalue weighted by Gasteiger charge is -2.20. The number of likely N-dealkylation sites (N-methyl/N-ethyl adjacent to an activating group) is 1. The van der Waals surface area contributed by atoms with Crippen LogP contribution in [0.4, 0.5) is 4.39 Å². The van der Waals surface area contributed by atoms with Gasteiger partial charge >= 0.3 is 0 Å². The number of hydrogen-bond acceptors (Lipinski definition) is 1. The van der Waals surface area contributed by atoms with Crippen LogP contribution in [0.3, 0.4) is 0 Å². The Labute approximate surface area is 128 Å². The van der Waals surface area contributed by atoms with E-state index >= 15 is 0 Å². The third-order valence-corrected chi connectivity index (χ3v) is 4.19. The molecule has 20 heavy (non-hydrogen) atoms. The summed E-state index contributed by atoms with van der Waals surface area (Å²) in [5.74, 6) is -0.221. The molecule has 0 aliphatic carbocycles. The number of hydrogen-bond donors (Lipinski definition) is 1. The van der Waals surface area contributed by atoms with E-state index in [1.54, 1.807) is 0 Å². The summed E-state index contributed by atoms with van der Waals surface area (Å²) < 4.78 is 13.8. The van der Waals surface area contributed by atoms with Crippen molar-refractivity contribution in [2.45, 2.75) is 26.3 Å². The predicted octanol–water partition coefficient (Wildman–Crippen LogP) is 4.71. The third-order valence-electron chi connectivity index (χ3n) is 3.58. The van der Waals surface area contributed by atoms with E-state index in [9.17, 15) is 4.39 Å². The van der Waals surface area contributed by atoms with E-state index in [2.05, 4.69) is 53.3 Å². The first-order chi connectivity index (χ1) is 9.51. The van der Waals surface area contributed by atoms with Gasteiger partial charge in [-0.15, -0.1) is 0 Å². The lowest BCUT2D eigenvalue weighted by atomic mass is 9.94. The monoisotopic (exact) mass is 335 g/mol. The topological polar surface area (TPSA) is 12.0 Å². The molecule has 0 saturated heterocycles. The molecule has 1 nitrogen and oxygen atoms in total. The minimum atomic E-state index is -0.221. The number of nitrogens with one attached hydrogen (secondary N) is 1. The number of benzene rings is 2. The van der Waals surface area contributed by atoms with Crippen LogP contribution in [0.15, 0.2) is 40.9 Å². The summed E-state index contributed by atoms with van der Waals surface area (Å²) in [6.45, 7) is 4.23. The van der Waals surface area contributed by atoms with E-state index in [4.69, 9.17) is 0 Å². The van der Waals surface area contributed by atoms with Crippen LogP contribution < -0.4 is 5.32 Å². The maximum absolute atomic E-state index is 13.3. The van der Waals surface area contributed by atoms with Gasteiger partial charge in [0.05, 0.1) is 4.47 Å². The molecule has 2 rings (SSSR count). The number of halogens is 2. The summed E-state index contributed by atoms with van der Waals surface area (Å²) in [7, 11) is 1.96. The van der Waals surface area contributed by atoms with Crippen LogP contribution in [-0.2, 0) is 6.42 Å². The van der Waals surface area contributed by atoms with Crippen molar-refractivity contribution in [1.82, 2.24) is 5.32 Å². The Morgan fingerprint density at radius 3 is 2.55 bits per heavy atom. The average Bonchev–Trinajstić information content (AvgIpc) is 2.43. The second-order valence-corrected chi connectivity index (χ2v) is 6.01. The van der Waals surface area contributed by atoms with Crippen molar-refractivity contribution < 1.29 is 4.39 Å². The lowest BCUT2D eigenvalue weighted by molar-refractivity contribution is 0.584. The van der Waals surface area contributed by atoms with E-state index in [0.717, 1.165) is 12.0 Å². The number of rotatable bonds is 4. The molecule has 0 heterocycles. The Bertz CT molecular complexity index is 610. The van der Waals surface area contributed by atoms with E-state index in [-0.39, 0.29) is 11.9 Å². The highest BCUT2D eigenvalue weighted by molar-refractivity contribution is 9.10. The molecular weight excluding hydrogens is 317 g/mol. The van der Waals surface area contributed by atoms with Gasteiger partial charge in [0.1, 0.15) is 5.82 Å². The Kier molecular flexibility index (Phi) is 4.95. The zero-order valence-corrected chi connectivity index (χ0v) is 13.6. The molecule has 0 aliphatic heterocycles. The van der Waals surface area contributed by atoms with Gasteiger partial charge in [-0.3, -0.25) is 0 Å². The highest BCUT2D eigenvalue weighted by atomic mass is 79.9. The minimum absolute atomic E-state index is 0.221. The molecule has 1 atom stereocenters. The molecular formula is C17H19BrFN. The van der Waals surface area contributed by atoms with E-state index < -0.39 is 0 Å². The fraction of sp³-hybridized carbons (Fsp3) is 0.294. The highest BCUT2D eigenvalue weighted by Gasteiger charge is 2.13. The summed E-state index contributed by atoms with van der Waals surface area (Å²) >= 11 is 3.24. The van der Waals surface area contributed by atoms with Gasteiger partial charge in [-0.05, 0) is 72.1 Å². The van der Waals surface area contributed by atoms with Crippen molar-refractivity contribution in [3.05, 3.63) is 68.9 Å². The number of aryl methyl sites for hydroxylation is 2. The molecule has 0 spiro atoms. The van der Waals surface area contributed by atoms with Crippen LogP contribution in [0.2, 0.25) is 0 Å². The van der Waals surface area contributed by atoms with Gasteiger partial charge in [-0.2, -0.15) is 0 Å². The fourth-order valence-electron chi connectivity index (χ4n) is 2.41. The van der Waals surface area contributed by atoms with Gasteiger partial charge in [0, 0.05) is 6.04 Å². The second kappa shape index (κ2) is 6.51. The van der Waals surface area contributed by atoms with Crippen molar-refractivity contribution in [2.24, 2.45) is 0 Å². The fourth-order valence-corrected chi connectivity index (χ4v) is 2.83. The quantitative estimate of drug-likeness (QED) is 0.853. The molecule has 0 bridgehead atoms. The Morgan fingerprint density at radius 1 is 1.15 bits per heavy atom. The summed E-state index contributed by atoms with van der Waals surface area (Å²) in [4.78, 5) is 0. The van der Waals surface area contributed by atoms with Crippen LogP contribution in [-0.4, -0.2) is 7.05 Å². The molecule has 106 valence electrons. The van der Waals surface area contributed by atoms with Gasteiger partial charge in [0.15, 0.2) is 0 Å². The van der Waals surface area contributed by atoms with Crippen molar-refractivity contribution in [2.75, 3.05) is 7.05 Å². The van der Waals surface area contributed by atoms with E-state index in [1.165, 1.54) is 22.8 Å². The summed E-state index contributed by atoms with van der Waals surface area (Å²) in [6.07, 6.45) is 0.833. The van der Waals surface area contributed by atoms with Gasteiger partial charge in [0.25, 0.3) is 0 Å². The predicted molar refractivity (Wildman–Crippen MR) is 85.5 cm³/mol. The van der Waals surface area contributed by atoms with Crippen LogP contribution in [0.1, 0.15) is 28.3 Å². The molecule has 0 saturated carbocycles.